The van der Waals surface area contributed by atoms with Gasteiger partial charge in [-0.05, 0) is 31.2 Å². The standard InChI is InChI=1S/C18H27N5O3/c24-16-3-1-8-22(16)9-2-10-23-13-15(4-5-17(23)25)18(26)19-7-6-14-11-20-21-12-14/h11-12,15H,1-10,13H2,(H,19,26)(H,20,21)/t15-/m0/s1. The molecule has 0 unspecified atom stereocenters. The number of rotatable bonds is 8. The van der Waals surface area contributed by atoms with E-state index in [9.17, 15) is 14.4 Å². The summed E-state index contributed by atoms with van der Waals surface area (Å²) in [6.45, 7) is 3.18. The van der Waals surface area contributed by atoms with Crippen LogP contribution in [0.15, 0.2) is 12.4 Å². The van der Waals surface area contributed by atoms with Crippen LogP contribution in [0.5, 0.6) is 0 Å². The monoisotopic (exact) mass is 361 g/mol. The van der Waals surface area contributed by atoms with Gasteiger partial charge in [-0.1, -0.05) is 0 Å². The molecule has 3 rings (SSSR count). The van der Waals surface area contributed by atoms with Crippen LogP contribution >= 0.6 is 0 Å². The summed E-state index contributed by atoms with van der Waals surface area (Å²) in [5.41, 5.74) is 1.06. The fourth-order valence-corrected chi connectivity index (χ4v) is 3.63. The lowest BCUT2D eigenvalue weighted by Crippen LogP contribution is -2.46. The highest BCUT2D eigenvalue weighted by molar-refractivity contribution is 5.83. The first kappa shape index (κ1) is 18.4. The van der Waals surface area contributed by atoms with Crippen LogP contribution in [0.4, 0.5) is 0 Å². The minimum Gasteiger partial charge on any atom is -0.355 e. The molecule has 2 saturated heterocycles. The average Bonchev–Trinajstić information content (AvgIpc) is 3.28. The lowest BCUT2D eigenvalue weighted by atomic mass is 9.96. The van der Waals surface area contributed by atoms with Gasteiger partial charge < -0.3 is 15.1 Å². The molecule has 3 heterocycles. The fraction of sp³-hybridized carbons (Fsp3) is 0.667. The number of amides is 3. The number of carbonyl (C=O) groups excluding carboxylic acids is 3. The fourth-order valence-electron chi connectivity index (χ4n) is 3.63. The van der Waals surface area contributed by atoms with Crippen molar-refractivity contribution >= 4 is 17.7 Å². The number of carbonyl (C=O) groups is 3. The molecule has 1 aromatic rings. The molecule has 142 valence electrons. The zero-order valence-corrected chi connectivity index (χ0v) is 15.1. The van der Waals surface area contributed by atoms with Gasteiger partial charge in [0.1, 0.15) is 0 Å². The molecule has 3 amide bonds. The topological polar surface area (TPSA) is 98.4 Å². The maximum Gasteiger partial charge on any atom is 0.224 e. The Hall–Kier alpha value is -2.38. The number of H-pyrrole nitrogens is 1. The number of likely N-dealkylation sites (tertiary alicyclic amines) is 2. The number of piperidine rings is 1. The van der Waals surface area contributed by atoms with E-state index in [4.69, 9.17) is 0 Å². The van der Waals surface area contributed by atoms with Crippen molar-refractivity contribution in [2.75, 3.05) is 32.7 Å². The zero-order valence-electron chi connectivity index (χ0n) is 15.1. The molecule has 8 heteroatoms. The van der Waals surface area contributed by atoms with Gasteiger partial charge in [-0.3, -0.25) is 19.5 Å². The minimum absolute atomic E-state index is 0.0146. The molecule has 2 fully saturated rings. The summed E-state index contributed by atoms with van der Waals surface area (Å²) in [6, 6.07) is 0. The van der Waals surface area contributed by atoms with Gasteiger partial charge in [0.15, 0.2) is 0 Å². The van der Waals surface area contributed by atoms with Crippen LogP contribution in [0, 0.1) is 5.92 Å². The number of aromatic nitrogens is 2. The van der Waals surface area contributed by atoms with Crippen molar-refractivity contribution in [3.05, 3.63) is 18.0 Å². The maximum atomic E-state index is 12.4. The molecule has 1 aromatic heterocycles. The van der Waals surface area contributed by atoms with Crippen LogP contribution in [0.2, 0.25) is 0 Å². The molecule has 0 radical (unpaired) electrons. The third-order valence-corrected chi connectivity index (χ3v) is 5.17. The first-order valence-electron chi connectivity index (χ1n) is 9.44. The molecule has 2 aliphatic heterocycles. The third-order valence-electron chi connectivity index (χ3n) is 5.17. The second kappa shape index (κ2) is 8.82. The van der Waals surface area contributed by atoms with Gasteiger partial charge in [-0.15, -0.1) is 0 Å². The normalized spacial score (nSPS) is 20.7. The van der Waals surface area contributed by atoms with E-state index < -0.39 is 0 Å². The molecule has 8 nitrogen and oxygen atoms in total. The summed E-state index contributed by atoms with van der Waals surface area (Å²) in [5.74, 6) is 0.191. The van der Waals surface area contributed by atoms with E-state index in [0.29, 0.717) is 45.4 Å². The van der Waals surface area contributed by atoms with Crippen molar-refractivity contribution in [1.82, 2.24) is 25.3 Å². The van der Waals surface area contributed by atoms with E-state index in [1.54, 1.807) is 11.1 Å². The van der Waals surface area contributed by atoms with Crippen molar-refractivity contribution in [1.29, 1.82) is 0 Å². The molecule has 0 saturated carbocycles. The first-order valence-corrected chi connectivity index (χ1v) is 9.44. The van der Waals surface area contributed by atoms with E-state index >= 15 is 0 Å². The van der Waals surface area contributed by atoms with Gasteiger partial charge in [0, 0.05) is 51.8 Å². The van der Waals surface area contributed by atoms with Crippen molar-refractivity contribution in [3.8, 4) is 0 Å². The van der Waals surface area contributed by atoms with E-state index in [1.165, 1.54) is 0 Å². The number of nitrogens with one attached hydrogen (secondary N) is 2. The smallest absolute Gasteiger partial charge is 0.224 e. The Labute approximate surface area is 153 Å². The molecule has 0 aliphatic carbocycles. The predicted octanol–water partition coefficient (Wildman–Crippen LogP) is 0.319. The van der Waals surface area contributed by atoms with Crippen LogP contribution in [-0.2, 0) is 20.8 Å². The molecular formula is C18H27N5O3. The predicted molar refractivity (Wildman–Crippen MR) is 95.0 cm³/mol. The quantitative estimate of drug-likeness (QED) is 0.697. The third kappa shape index (κ3) is 4.83. The number of aromatic amines is 1. The Morgan fingerprint density at radius 2 is 2.04 bits per heavy atom. The summed E-state index contributed by atoms with van der Waals surface area (Å²) in [4.78, 5) is 39.8. The maximum absolute atomic E-state index is 12.4. The Bertz CT molecular complexity index is 631. The summed E-state index contributed by atoms with van der Waals surface area (Å²) in [5, 5.41) is 9.60. The van der Waals surface area contributed by atoms with Crippen LogP contribution in [0.3, 0.4) is 0 Å². The Balaban J connectivity index is 1.39. The summed E-state index contributed by atoms with van der Waals surface area (Å²) >= 11 is 0. The van der Waals surface area contributed by atoms with E-state index in [0.717, 1.165) is 31.4 Å². The molecule has 0 aromatic carbocycles. The summed E-state index contributed by atoms with van der Waals surface area (Å²) < 4.78 is 0. The zero-order chi connectivity index (χ0) is 18.4. The van der Waals surface area contributed by atoms with Crippen molar-refractivity contribution in [2.24, 2.45) is 5.92 Å². The number of nitrogens with zero attached hydrogens (tertiary/aromatic N) is 3. The van der Waals surface area contributed by atoms with Crippen LogP contribution in [-0.4, -0.2) is 70.4 Å². The Morgan fingerprint density at radius 3 is 2.77 bits per heavy atom. The summed E-state index contributed by atoms with van der Waals surface area (Å²) in [7, 11) is 0. The van der Waals surface area contributed by atoms with E-state index in [2.05, 4.69) is 15.5 Å². The molecule has 1 atom stereocenters. The minimum atomic E-state index is -0.148. The second-order valence-electron chi connectivity index (χ2n) is 7.06. The Morgan fingerprint density at radius 1 is 1.23 bits per heavy atom. The molecular weight excluding hydrogens is 334 g/mol. The van der Waals surface area contributed by atoms with Gasteiger partial charge in [0.05, 0.1) is 12.1 Å². The molecule has 0 spiro atoms. The highest BCUT2D eigenvalue weighted by Gasteiger charge is 2.30. The highest BCUT2D eigenvalue weighted by Crippen LogP contribution is 2.18. The number of hydrogen-bond acceptors (Lipinski definition) is 4. The van der Waals surface area contributed by atoms with Gasteiger partial charge in [-0.25, -0.2) is 0 Å². The lowest BCUT2D eigenvalue weighted by molar-refractivity contribution is -0.138. The number of hydrogen-bond donors (Lipinski definition) is 2. The van der Waals surface area contributed by atoms with Gasteiger partial charge in [0.25, 0.3) is 0 Å². The van der Waals surface area contributed by atoms with Gasteiger partial charge in [-0.2, -0.15) is 5.10 Å². The average molecular weight is 361 g/mol. The van der Waals surface area contributed by atoms with Gasteiger partial charge in [0.2, 0.25) is 17.7 Å². The largest absolute Gasteiger partial charge is 0.355 e. The lowest BCUT2D eigenvalue weighted by Gasteiger charge is -2.32. The van der Waals surface area contributed by atoms with E-state index in [1.807, 2.05) is 11.1 Å². The molecule has 2 aliphatic rings. The summed E-state index contributed by atoms with van der Waals surface area (Å²) in [6.07, 6.45) is 7.68. The van der Waals surface area contributed by atoms with Crippen LogP contribution < -0.4 is 5.32 Å². The first-order chi connectivity index (χ1) is 12.6. The Kier molecular flexibility index (Phi) is 6.25. The molecule has 26 heavy (non-hydrogen) atoms. The second-order valence-corrected chi connectivity index (χ2v) is 7.06. The van der Waals surface area contributed by atoms with Gasteiger partial charge >= 0.3 is 0 Å². The van der Waals surface area contributed by atoms with Crippen molar-refractivity contribution < 1.29 is 14.4 Å². The van der Waals surface area contributed by atoms with E-state index in [-0.39, 0.29) is 23.6 Å². The van der Waals surface area contributed by atoms with Crippen molar-refractivity contribution in [3.63, 3.8) is 0 Å². The molecule has 0 bridgehead atoms. The highest BCUT2D eigenvalue weighted by atomic mass is 16.2. The van der Waals surface area contributed by atoms with Crippen molar-refractivity contribution in [2.45, 2.75) is 38.5 Å². The van der Waals surface area contributed by atoms with Crippen LogP contribution in [0.25, 0.3) is 0 Å². The SMILES string of the molecule is O=C(NCCc1cn[nH]c1)[C@H]1CCC(=O)N(CCCN2CCCC2=O)C1. The molecule has 2 N–H and O–H groups in total. The van der Waals surface area contributed by atoms with Crippen LogP contribution in [0.1, 0.15) is 37.7 Å².